The van der Waals surface area contributed by atoms with E-state index in [0.717, 1.165) is 0 Å². The predicted octanol–water partition coefficient (Wildman–Crippen LogP) is 2.76. The quantitative estimate of drug-likeness (QED) is 0.772. The van der Waals surface area contributed by atoms with Crippen molar-refractivity contribution in [1.82, 2.24) is 0 Å². The number of halogens is 1. The molecule has 1 atom stereocenters. The Bertz CT molecular complexity index is 469. The number of alkyl halides is 1. The second-order valence-corrected chi connectivity index (χ2v) is 4.25. The monoisotopic (exact) mass is 270 g/mol. The van der Waals surface area contributed by atoms with Gasteiger partial charge in [0.25, 0.3) is 0 Å². The highest BCUT2D eigenvalue weighted by Crippen LogP contribution is 2.37. The molecule has 1 rings (SSSR count). The summed E-state index contributed by atoms with van der Waals surface area (Å²) in [6.45, 7) is 4.65. The average Bonchev–Trinajstić information content (AvgIpc) is 2.38. The number of aryl methyl sites for hydroxylation is 1. The minimum atomic E-state index is -2.22. The summed E-state index contributed by atoms with van der Waals surface area (Å²) in [5.74, 6) is -0.0509. The van der Waals surface area contributed by atoms with E-state index in [1.165, 1.54) is 27.2 Å². The summed E-state index contributed by atoms with van der Waals surface area (Å²) in [5.41, 5.74) is -1.42. The number of rotatable bonds is 5. The van der Waals surface area contributed by atoms with Crippen LogP contribution < -0.4 is 9.47 Å². The highest BCUT2D eigenvalue weighted by atomic mass is 19.1. The third-order valence-corrected chi connectivity index (χ3v) is 2.90. The van der Waals surface area contributed by atoms with E-state index < -0.39 is 11.6 Å². The van der Waals surface area contributed by atoms with Crippen molar-refractivity contribution in [2.45, 2.75) is 26.4 Å². The van der Waals surface area contributed by atoms with Crippen LogP contribution in [0.15, 0.2) is 12.1 Å². The van der Waals surface area contributed by atoms with E-state index in [1.807, 2.05) is 0 Å². The number of esters is 1. The van der Waals surface area contributed by atoms with Gasteiger partial charge >= 0.3 is 5.97 Å². The number of methoxy groups -OCH3 is 2. The maximum Gasteiger partial charge on any atom is 0.348 e. The van der Waals surface area contributed by atoms with E-state index in [9.17, 15) is 9.18 Å². The van der Waals surface area contributed by atoms with Crippen molar-refractivity contribution in [1.29, 1.82) is 0 Å². The molecule has 0 spiro atoms. The predicted molar refractivity (Wildman–Crippen MR) is 69.4 cm³/mol. The molecule has 0 aromatic heterocycles. The van der Waals surface area contributed by atoms with Gasteiger partial charge in [-0.2, -0.15) is 0 Å². The van der Waals surface area contributed by atoms with E-state index >= 15 is 0 Å². The lowest BCUT2D eigenvalue weighted by atomic mass is 9.93. The first-order valence-electron chi connectivity index (χ1n) is 5.97. The van der Waals surface area contributed by atoms with Gasteiger partial charge in [-0.15, -0.1) is 0 Å². The van der Waals surface area contributed by atoms with Crippen LogP contribution in [0.3, 0.4) is 0 Å². The molecule has 0 fully saturated rings. The molecule has 0 saturated heterocycles. The van der Waals surface area contributed by atoms with E-state index in [1.54, 1.807) is 19.9 Å². The Morgan fingerprint density at radius 1 is 1.26 bits per heavy atom. The van der Waals surface area contributed by atoms with E-state index in [2.05, 4.69) is 0 Å². The van der Waals surface area contributed by atoms with Crippen LogP contribution in [0.1, 0.15) is 25.0 Å². The van der Waals surface area contributed by atoms with Gasteiger partial charge in [0.05, 0.1) is 20.8 Å². The van der Waals surface area contributed by atoms with Crippen LogP contribution in [0.4, 0.5) is 4.39 Å². The zero-order valence-electron chi connectivity index (χ0n) is 11.9. The summed E-state index contributed by atoms with van der Waals surface area (Å²) in [4.78, 5) is 11.7. The average molecular weight is 270 g/mol. The third-order valence-electron chi connectivity index (χ3n) is 2.90. The van der Waals surface area contributed by atoms with Crippen LogP contribution >= 0.6 is 0 Å². The molecular formula is C14H19FO4. The Morgan fingerprint density at radius 3 is 2.26 bits per heavy atom. The number of hydrogen-bond acceptors (Lipinski definition) is 4. The van der Waals surface area contributed by atoms with Crippen molar-refractivity contribution in [2.24, 2.45) is 0 Å². The number of hydrogen-bond donors (Lipinski definition) is 0. The van der Waals surface area contributed by atoms with Gasteiger partial charge in [0.15, 0.2) is 11.5 Å². The van der Waals surface area contributed by atoms with E-state index in [-0.39, 0.29) is 12.2 Å². The van der Waals surface area contributed by atoms with Crippen LogP contribution in [0.2, 0.25) is 0 Å². The Balaban J connectivity index is 3.30. The third kappa shape index (κ3) is 2.97. The van der Waals surface area contributed by atoms with E-state index in [0.29, 0.717) is 17.1 Å². The maximum absolute atomic E-state index is 14.6. The van der Waals surface area contributed by atoms with Gasteiger partial charge in [0.2, 0.25) is 5.67 Å². The molecule has 1 unspecified atom stereocenters. The standard InChI is InChI=1S/C14H19FO4/c1-6-19-13(16)14(3,15)10-8-12(18-5)11(17-4)7-9(10)2/h7-8H,6H2,1-5H3. The molecule has 0 heterocycles. The van der Waals surface area contributed by atoms with Crippen molar-refractivity contribution in [2.75, 3.05) is 20.8 Å². The minimum absolute atomic E-state index is 0.130. The molecule has 0 amide bonds. The molecule has 0 bridgehead atoms. The molecule has 5 heteroatoms. The lowest BCUT2D eigenvalue weighted by molar-refractivity contribution is -0.156. The maximum atomic E-state index is 14.6. The van der Waals surface area contributed by atoms with Crippen LogP contribution in [0.25, 0.3) is 0 Å². The summed E-state index contributed by atoms with van der Waals surface area (Å²) in [5, 5.41) is 0. The number of carbonyl (C=O) groups excluding carboxylic acids is 1. The molecule has 106 valence electrons. The Morgan fingerprint density at radius 2 is 1.79 bits per heavy atom. The van der Waals surface area contributed by atoms with Gasteiger partial charge in [-0.1, -0.05) is 0 Å². The highest BCUT2D eigenvalue weighted by molar-refractivity contribution is 5.81. The molecule has 4 nitrogen and oxygen atoms in total. The normalized spacial score (nSPS) is 13.6. The largest absolute Gasteiger partial charge is 0.493 e. The lowest BCUT2D eigenvalue weighted by Gasteiger charge is -2.22. The second kappa shape index (κ2) is 5.91. The molecule has 0 N–H and O–H groups in total. The topological polar surface area (TPSA) is 44.8 Å². The van der Waals surface area contributed by atoms with Crippen LogP contribution in [0, 0.1) is 6.92 Å². The van der Waals surface area contributed by atoms with Crippen molar-refractivity contribution in [3.8, 4) is 11.5 Å². The molecule has 1 aromatic rings. The van der Waals surface area contributed by atoms with E-state index in [4.69, 9.17) is 14.2 Å². The van der Waals surface area contributed by atoms with Gasteiger partial charge in [-0.3, -0.25) is 0 Å². The summed E-state index contributed by atoms with van der Waals surface area (Å²) >= 11 is 0. The number of benzene rings is 1. The van der Waals surface area contributed by atoms with Crippen LogP contribution in [0.5, 0.6) is 11.5 Å². The minimum Gasteiger partial charge on any atom is -0.493 e. The molecular weight excluding hydrogens is 251 g/mol. The fourth-order valence-electron chi connectivity index (χ4n) is 1.86. The highest BCUT2D eigenvalue weighted by Gasteiger charge is 2.38. The Labute approximate surface area is 112 Å². The molecule has 0 aliphatic rings. The summed E-state index contributed by atoms with van der Waals surface area (Å²) < 4.78 is 29.7. The second-order valence-electron chi connectivity index (χ2n) is 4.25. The number of ether oxygens (including phenoxy) is 3. The zero-order valence-corrected chi connectivity index (χ0v) is 11.9. The summed E-state index contributed by atoms with van der Waals surface area (Å²) in [7, 11) is 2.95. The fraction of sp³-hybridized carbons (Fsp3) is 0.500. The van der Waals surface area contributed by atoms with Crippen molar-refractivity contribution in [3.05, 3.63) is 23.3 Å². The van der Waals surface area contributed by atoms with Crippen molar-refractivity contribution < 1.29 is 23.4 Å². The molecule has 19 heavy (non-hydrogen) atoms. The Hall–Kier alpha value is -1.78. The van der Waals surface area contributed by atoms with Crippen LogP contribution in [-0.4, -0.2) is 26.8 Å². The van der Waals surface area contributed by atoms with Crippen molar-refractivity contribution >= 4 is 5.97 Å². The SMILES string of the molecule is CCOC(=O)C(C)(F)c1cc(OC)c(OC)cc1C. The first-order valence-corrected chi connectivity index (χ1v) is 5.97. The molecule has 0 aliphatic carbocycles. The first-order chi connectivity index (χ1) is 8.88. The summed E-state index contributed by atoms with van der Waals surface area (Å²) in [6, 6.07) is 3.09. The lowest BCUT2D eigenvalue weighted by Crippen LogP contribution is -2.30. The van der Waals surface area contributed by atoms with Gasteiger partial charge in [0, 0.05) is 5.56 Å². The smallest absolute Gasteiger partial charge is 0.348 e. The van der Waals surface area contributed by atoms with Gasteiger partial charge < -0.3 is 14.2 Å². The summed E-state index contributed by atoms with van der Waals surface area (Å²) in [6.07, 6.45) is 0. The fourth-order valence-corrected chi connectivity index (χ4v) is 1.86. The van der Waals surface area contributed by atoms with Crippen molar-refractivity contribution in [3.63, 3.8) is 0 Å². The number of carbonyl (C=O) groups is 1. The molecule has 0 radical (unpaired) electrons. The van der Waals surface area contributed by atoms with Gasteiger partial charge in [-0.05, 0) is 38.5 Å². The van der Waals surface area contributed by atoms with Crippen LogP contribution in [-0.2, 0) is 15.2 Å². The van der Waals surface area contributed by atoms with Gasteiger partial charge in [0.1, 0.15) is 0 Å². The zero-order chi connectivity index (χ0) is 14.6. The molecule has 0 aliphatic heterocycles. The van der Waals surface area contributed by atoms with Gasteiger partial charge in [-0.25, -0.2) is 9.18 Å². The Kier molecular flexibility index (Phi) is 4.75. The molecule has 1 aromatic carbocycles. The molecule has 0 saturated carbocycles. The first kappa shape index (κ1) is 15.3.